The number of halogens is 1. The van der Waals surface area contributed by atoms with Crippen LogP contribution < -0.4 is 5.32 Å². The molecule has 0 fully saturated rings. The van der Waals surface area contributed by atoms with Gasteiger partial charge in [-0.05, 0) is 24.3 Å². The third-order valence-electron chi connectivity index (χ3n) is 2.54. The highest BCUT2D eigenvalue weighted by Crippen LogP contribution is 2.34. The van der Waals surface area contributed by atoms with Crippen molar-refractivity contribution in [2.24, 2.45) is 4.99 Å². The van der Waals surface area contributed by atoms with Crippen LogP contribution in [0.5, 0.6) is 0 Å². The Bertz CT molecular complexity index is 576. The molecule has 1 heterocycles. The summed E-state index contributed by atoms with van der Waals surface area (Å²) in [5.41, 5.74) is 3.76. The van der Waals surface area contributed by atoms with Gasteiger partial charge in [0.25, 0.3) is 0 Å². The van der Waals surface area contributed by atoms with Crippen molar-refractivity contribution in [3.05, 3.63) is 54.1 Å². The fourth-order valence-corrected chi connectivity index (χ4v) is 2.02. The minimum atomic E-state index is 0.521. The van der Waals surface area contributed by atoms with Crippen molar-refractivity contribution in [3.63, 3.8) is 0 Å². The first-order chi connectivity index (χ1) is 7.84. The molecule has 0 spiro atoms. The molecule has 3 heteroatoms. The van der Waals surface area contributed by atoms with Crippen molar-refractivity contribution in [2.75, 3.05) is 5.32 Å². The predicted octanol–water partition coefficient (Wildman–Crippen LogP) is 4.06. The van der Waals surface area contributed by atoms with E-state index >= 15 is 0 Å². The van der Waals surface area contributed by atoms with Crippen molar-refractivity contribution in [1.82, 2.24) is 0 Å². The Labute approximate surface area is 98.6 Å². The van der Waals surface area contributed by atoms with Gasteiger partial charge in [-0.15, -0.1) is 0 Å². The number of hydrogen-bond donors (Lipinski definition) is 1. The zero-order chi connectivity index (χ0) is 11.0. The molecule has 1 N–H and O–H groups in total. The van der Waals surface area contributed by atoms with Crippen LogP contribution in [-0.2, 0) is 0 Å². The van der Waals surface area contributed by atoms with E-state index in [1.54, 1.807) is 0 Å². The SMILES string of the molecule is ClC1=Nc2ccccc2Nc2ccccc21. The van der Waals surface area contributed by atoms with Gasteiger partial charge in [-0.25, -0.2) is 4.99 Å². The van der Waals surface area contributed by atoms with Gasteiger partial charge >= 0.3 is 0 Å². The molecule has 0 unspecified atom stereocenters. The molecule has 0 radical (unpaired) electrons. The Morgan fingerprint density at radius 3 is 2.44 bits per heavy atom. The summed E-state index contributed by atoms with van der Waals surface area (Å²) in [5, 5.41) is 3.86. The van der Waals surface area contributed by atoms with Gasteiger partial charge in [0.2, 0.25) is 0 Å². The fourth-order valence-electron chi connectivity index (χ4n) is 1.76. The summed E-state index contributed by atoms with van der Waals surface area (Å²) in [5.74, 6) is 0. The molecular formula is C13H9ClN2. The lowest BCUT2D eigenvalue weighted by Crippen LogP contribution is -1.95. The van der Waals surface area contributed by atoms with Gasteiger partial charge in [0.1, 0.15) is 5.17 Å². The standard InChI is InChI=1S/C13H9ClN2/c14-13-9-5-1-2-6-10(9)15-11-7-3-4-8-12(11)16-13/h1-8,15H. The molecule has 0 aromatic heterocycles. The lowest BCUT2D eigenvalue weighted by Gasteiger charge is -2.07. The molecular weight excluding hydrogens is 220 g/mol. The molecule has 2 aromatic rings. The molecule has 78 valence electrons. The second-order valence-corrected chi connectivity index (χ2v) is 3.95. The number of nitrogens with zero attached hydrogens (tertiary/aromatic N) is 1. The first-order valence-electron chi connectivity index (χ1n) is 5.04. The highest BCUT2D eigenvalue weighted by atomic mass is 35.5. The van der Waals surface area contributed by atoms with E-state index in [1.807, 2.05) is 48.5 Å². The van der Waals surface area contributed by atoms with Crippen molar-refractivity contribution >= 4 is 33.8 Å². The van der Waals surface area contributed by atoms with E-state index in [0.717, 1.165) is 22.6 Å². The van der Waals surface area contributed by atoms with Crippen LogP contribution in [-0.4, -0.2) is 5.17 Å². The van der Waals surface area contributed by atoms with Crippen molar-refractivity contribution in [2.45, 2.75) is 0 Å². The van der Waals surface area contributed by atoms with E-state index < -0.39 is 0 Å². The summed E-state index contributed by atoms with van der Waals surface area (Å²) >= 11 is 6.19. The van der Waals surface area contributed by atoms with Gasteiger partial charge in [-0.3, -0.25) is 0 Å². The Morgan fingerprint density at radius 2 is 1.56 bits per heavy atom. The molecule has 1 aliphatic heterocycles. The maximum absolute atomic E-state index is 6.19. The monoisotopic (exact) mass is 228 g/mol. The molecule has 0 atom stereocenters. The van der Waals surface area contributed by atoms with E-state index in [2.05, 4.69) is 10.3 Å². The molecule has 16 heavy (non-hydrogen) atoms. The third kappa shape index (κ3) is 1.48. The van der Waals surface area contributed by atoms with Gasteiger partial charge in [-0.2, -0.15) is 0 Å². The lowest BCUT2D eigenvalue weighted by molar-refractivity contribution is 1.51. The van der Waals surface area contributed by atoms with E-state index in [1.165, 1.54) is 0 Å². The Morgan fingerprint density at radius 1 is 0.875 bits per heavy atom. The van der Waals surface area contributed by atoms with Crippen molar-refractivity contribution < 1.29 is 0 Å². The van der Waals surface area contributed by atoms with E-state index in [-0.39, 0.29) is 0 Å². The molecule has 1 aliphatic rings. The zero-order valence-electron chi connectivity index (χ0n) is 8.44. The van der Waals surface area contributed by atoms with Gasteiger partial charge in [0.15, 0.2) is 0 Å². The second kappa shape index (κ2) is 3.65. The maximum atomic E-state index is 6.19. The predicted molar refractivity (Wildman–Crippen MR) is 68.2 cm³/mol. The summed E-state index contributed by atoms with van der Waals surface area (Å²) in [6.07, 6.45) is 0. The Hall–Kier alpha value is -1.80. The summed E-state index contributed by atoms with van der Waals surface area (Å²) in [6, 6.07) is 15.7. The first-order valence-corrected chi connectivity index (χ1v) is 5.42. The number of anilines is 2. The number of rotatable bonds is 0. The van der Waals surface area contributed by atoms with Crippen LogP contribution in [0.3, 0.4) is 0 Å². The molecule has 0 amide bonds. The van der Waals surface area contributed by atoms with Crippen molar-refractivity contribution in [1.29, 1.82) is 0 Å². The molecule has 0 bridgehead atoms. The average Bonchev–Trinajstić information content (AvgIpc) is 2.45. The van der Waals surface area contributed by atoms with Crippen LogP contribution in [0, 0.1) is 0 Å². The van der Waals surface area contributed by atoms with Gasteiger partial charge < -0.3 is 5.32 Å². The largest absolute Gasteiger partial charge is 0.353 e. The van der Waals surface area contributed by atoms with Crippen LogP contribution in [0.4, 0.5) is 17.1 Å². The minimum Gasteiger partial charge on any atom is -0.353 e. The van der Waals surface area contributed by atoms with Crippen LogP contribution >= 0.6 is 11.6 Å². The highest BCUT2D eigenvalue weighted by molar-refractivity contribution is 6.70. The van der Waals surface area contributed by atoms with Gasteiger partial charge in [0, 0.05) is 11.3 Å². The number of para-hydroxylation sites is 3. The number of nitrogens with one attached hydrogen (secondary N) is 1. The first kappa shape index (κ1) is 9.43. The normalized spacial score (nSPS) is 12.9. The topological polar surface area (TPSA) is 24.4 Å². The number of fused-ring (bicyclic) bond motifs is 2. The van der Waals surface area contributed by atoms with Crippen LogP contribution in [0.25, 0.3) is 0 Å². The zero-order valence-corrected chi connectivity index (χ0v) is 9.20. The summed E-state index contributed by atoms with van der Waals surface area (Å²) in [7, 11) is 0. The van der Waals surface area contributed by atoms with E-state index in [4.69, 9.17) is 11.6 Å². The third-order valence-corrected chi connectivity index (χ3v) is 2.83. The van der Waals surface area contributed by atoms with E-state index in [9.17, 15) is 0 Å². The number of benzene rings is 2. The van der Waals surface area contributed by atoms with Crippen LogP contribution in [0.2, 0.25) is 0 Å². The number of hydrogen-bond acceptors (Lipinski definition) is 2. The van der Waals surface area contributed by atoms with Gasteiger partial charge in [0.05, 0.1) is 11.4 Å². The maximum Gasteiger partial charge on any atom is 0.139 e. The van der Waals surface area contributed by atoms with Crippen molar-refractivity contribution in [3.8, 4) is 0 Å². The summed E-state index contributed by atoms with van der Waals surface area (Å²) in [6.45, 7) is 0. The smallest absolute Gasteiger partial charge is 0.139 e. The second-order valence-electron chi connectivity index (χ2n) is 3.59. The quantitative estimate of drug-likeness (QED) is 0.723. The highest BCUT2D eigenvalue weighted by Gasteiger charge is 2.13. The van der Waals surface area contributed by atoms with Gasteiger partial charge in [-0.1, -0.05) is 35.9 Å². The lowest BCUT2D eigenvalue weighted by atomic mass is 10.2. The van der Waals surface area contributed by atoms with Crippen LogP contribution in [0.15, 0.2) is 53.5 Å². The summed E-state index contributed by atoms with van der Waals surface area (Å²) in [4.78, 5) is 4.40. The molecule has 0 aliphatic carbocycles. The molecule has 2 nitrogen and oxygen atoms in total. The summed E-state index contributed by atoms with van der Waals surface area (Å²) < 4.78 is 0. The molecule has 0 saturated carbocycles. The Kier molecular flexibility index (Phi) is 2.15. The minimum absolute atomic E-state index is 0.521. The fraction of sp³-hybridized carbons (Fsp3) is 0. The number of aliphatic imine (C=N–C) groups is 1. The Balaban J connectivity index is 2.25. The average molecular weight is 229 g/mol. The van der Waals surface area contributed by atoms with Crippen LogP contribution in [0.1, 0.15) is 5.56 Å². The molecule has 3 rings (SSSR count). The molecule has 0 saturated heterocycles. The molecule has 2 aromatic carbocycles. The van der Waals surface area contributed by atoms with E-state index in [0.29, 0.717) is 5.17 Å².